The third-order valence-corrected chi connectivity index (χ3v) is 7.19. The van der Waals surface area contributed by atoms with Crippen molar-refractivity contribution in [2.75, 3.05) is 6.54 Å². The van der Waals surface area contributed by atoms with Crippen molar-refractivity contribution < 1.29 is 19.5 Å². The zero-order valence-corrected chi connectivity index (χ0v) is 21.4. The number of nitrogens with zero attached hydrogens (tertiary/aromatic N) is 2. The predicted molar refractivity (Wildman–Crippen MR) is 147 cm³/mol. The van der Waals surface area contributed by atoms with Gasteiger partial charge in [0.2, 0.25) is 11.8 Å². The smallest absolute Gasteiger partial charge is 0.405 e. The van der Waals surface area contributed by atoms with Gasteiger partial charge in [-0.2, -0.15) is 0 Å². The third-order valence-electron chi connectivity index (χ3n) is 7.19. The van der Waals surface area contributed by atoms with E-state index in [4.69, 9.17) is 0 Å². The van der Waals surface area contributed by atoms with Crippen LogP contribution in [-0.2, 0) is 22.4 Å². The van der Waals surface area contributed by atoms with E-state index in [2.05, 4.69) is 20.6 Å². The second kappa shape index (κ2) is 11.8. The molecule has 0 spiro atoms. The van der Waals surface area contributed by atoms with Crippen LogP contribution in [0.15, 0.2) is 85.2 Å². The van der Waals surface area contributed by atoms with Gasteiger partial charge in [-0.15, -0.1) is 0 Å². The maximum atomic E-state index is 13.7. The summed E-state index contributed by atoms with van der Waals surface area (Å²) in [5.41, 5.74) is 3.53. The summed E-state index contributed by atoms with van der Waals surface area (Å²) in [5, 5.41) is 16.0. The number of carbonyl (C=O) groups excluding carboxylic acids is 2. The number of benzene rings is 2. The molecule has 200 valence electrons. The molecule has 4 N–H and O–H groups in total. The van der Waals surface area contributed by atoms with Crippen molar-refractivity contribution in [1.82, 2.24) is 25.5 Å². The highest BCUT2D eigenvalue weighted by Gasteiger charge is 2.38. The number of nitrogens with one attached hydrogen (secondary N) is 3. The number of carboxylic acid groups (broad SMARTS) is 1. The zero-order chi connectivity index (χ0) is 27.2. The van der Waals surface area contributed by atoms with Gasteiger partial charge in [0, 0.05) is 48.4 Å². The molecule has 1 saturated heterocycles. The molecular weight excluding hydrogens is 494 g/mol. The lowest BCUT2D eigenvalue weighted by Gasteiger charge is -2.29. The molecule has 1 aliphatic rings. The average molecular weight is 526 g/mol. The Balaban J connectivity index is 1.34. The Labute approximate surface area is 226 Å². The summed E-state index contributed by atoms with van der Waals surface area (Å²) in [6.07, 6.45) is 4.08. The van der Waals surface area contributed by atoms with Crippen LogP contribution in [0.1, 0.15) is 35.7 Å². The fourth-order valence-corrected chi connectivity index (χ4v) is 5.31. The highest BCUT2D eigenvalue weighted by atomic mass is 16.4. The Morgan fingerprint density at radius 3 is 2.51 bits per heavy atom. The standard InChI is InChI=1S/C30H31N5O4/c36-28(33-25(20-9-2-1-3-10-20)18-22-11-6-7-15-31-22)27-14-8-16-35(27)29(37)26(34-30(38)39)17-21-19-32-24-13-5-4-12-23(21)24/h1-7,9-13,15,19,25-27,32,34H,8,14,16-18H2,(H,33,36)(H,38,39)/t25-,26-,27-/m0/s1. The van der Waals surface area contributed by atoms with E-state index >= 15 is 0 Å². The average Bonchev–Trinajstić information content (AvgIpc) is 3.61. The summed E-state index contributed by atoms with van der Waals surface area (Å²) < 4.78 is 0. The number of aromatic nitrogens is 2. The van der Waals surface area contributed by atoms with Gasteiger partial charge in [-0.05, 0) is 42.2 Å². The van der Waals surface area contributed by atoms with Crippen molar-refractivity contribution in [3.8, 4) is 0 Å². The number of hydrogen-bond donors (Lipinski definition) is 4. The van der Waals surface area contributed by atoms with E-state index in [1.54, 1.807) is 12.4 Å². The van der Waals surface area contributed by atoms with Gasteiger partial charge in [0.1, 0.15) is 12.1 Å². The molecule has 4 aromatic rings. The highest BCUT2D eigenvalue weighted by Crippen LogP contribution is 2.24. The second-order valence-corrected chi connectivity index (χ2v) is 9.75. The maximum absolute atomic E-state index is 13.7. The number of H-pyrrole nitrogens is 1. The molecule has 39 heavy (non-hydrogen) atoms. The first-order valence-corrected chi connectivity index (χ1v) is 13.1. The van der Waals surface area contributed by atoms with E-state index in [0.29, 0.717) is 25.8 Å². The van der Waals surface area contributed by atoms with Gasteiger partial charge in [-0.1, -0.05) is 54.6 Å². The lowest BCUT2D eigenvalue weighted by Crippen LogP contribution is -2.54. The van der Waals surface area contributed by atoms with Crippen LogP contribution in [0, 0.1) is 0 Å². The number of rotatable bonds is 9. The second-order valence-electron chi connectivity index (χ2n) is 9.75. The lowest BCUT2D eigenvalue weighted by molar-refractivity contribution is -0.140. The maximum Gasteiger partial charge on any atom is 0.405 e. The van der Waals surface area contributed by atoms with E-state index in [1.807, 2.05) is 72.8 Å². The number of fused-ring (bicyclic) bond motifs is 1. The Kier molecular flexibility index (Phi) is 7.86. The number of pyridine rings is 1. The molecule has 2 aromatic heterocycles. The number of likely N-dealkylation sites (tertiary alicyclic amines) is 1. The van der Waals surface area contributed by atoms with E-state index in [1.165, 1.54) is 4.90 Å². The molecule has 0 saturated carbocycles. The van der Waals surface area contributed by atoms with Crippen LogP contribution in [0.3, 0.4) is 0 Å². The number of carbonyl (C=O) groups is 3. The molecule has 0 aliphatic carbocycles. The SMILES string of the molecule is O=C(O)N[C@@H](Cc1c[nH]c2ccccc12)C(=O)N1CCC[C@H]1C(=O)N[C@@H](Cc1ccccn1)c1ccccc1. The first-order valence-electron chi connectivity index (χ1n) is 13.1. The fraction of sp³-hybridized carbons (Fsp3) is 0.267. The van der Waals surface area contributed by atoms with E-state index in [9.17, 15) is 19.5 Å². The molecular formula is C30H31N5O4. The minimum absolute atomic E-state index is 0.173. The normalized spacial score (nSPS) is 16.5. The molecule has 1 aliphatic heterocycles. The van der Waals surface area contributed by atoms with Crippen molar-refractivity contribution >= 4 is 28.8 Å². The summed E-state index contributed by atoms with van der Waals surface area (Å²) in [6.45, 7) is 0.388. The molecule has 0 radical (unpaired) electrons. The number of aromatic amines is 1. The van der Waals surface area contributed by atoms with Crippen LogP contribution >= 0.6 is 0 Å². The van der Waals surface area contributed by atoms with Crippen LogP contribution in [0.2, 0.25) is 0 Å². The summed E-state index contributed by atoms with van der Waals surface area (Å²) in [7, 11) is 0. The van der Waals surface area contributed by atoms with Gasteiger partial charge in [0.05, 0.1) is 6.04 Å². The largest absolute Gasteiger partial charge is 0.465 e. The van der Waals surface area contributed by atoms with Crippen LogP contribution in [0.4, 0.5) is 4.79 Å². The summed E-state index contributed by atoms with van der Waals surface area (Å²) >= 11 is 0. The molecule has 3 heterocycles. The molecule has 9 heteroatoms. The Morgan fingerprint density at radius 2 is 1.74 bits per heavy atom. The van der Waals surface area contributed by atoms with E-state index < -0.39 is 24.1 Å². The van der Waals surface area contributed by atoms with Crippen molar-refractivity contribution in [1.29, 1.82) is 0 Å². The Bertz CT molecular complexity index is 1440. The van der Waals surface area contributed by atoms with Crippen LogP contribution < -0.4 is 10.6 Å². The highest BCUT2D eigenvalue weighted by molar-refractivity contribution is 5.93. The van der Waals surface area contributed by atoms with Gasteiger partial charge in [0.25, 0.3) is 0 Å². The topological polar surface area (TPSA) is 127 Å². The predicted octanol–water partition coefficient (Wildman–Crippen LogP) is 3.83. The molecule has 3 amide bonds. The molecule has 0 bridgehead atoms. The monoisotopic (exact) mass is 525 g/mol. The van der Waals surface area contributed by atoms with Gasteiger partial charge >= 0.3 is 6.09 Å². The minimum Gasteiger partial charge on any atom is -0.465 e. The van der Waals surface area contributed by atoms with Crippen molar-refractivity contribution in [3.05, 3.63) is 102 Å². The molecule has 1 fully saturated rings. The summed E-state index contributed by atoms with van der Waals surface area (Å²) in [5.74, 6) is -0.659. The van der Waals surface area contributed by atoms with Gasteiger partial charge in [-0.3, -0.25) is 14.6 Å². The molecule has 3 atom stereocenters. The summed E-state index contributed by atoms with van der Waals surface area (Å²) in [6, 6.07) is 21.0. The van der Waals surface area contributed by atoms with Crippen molar-refractivity contribution in [2.45, 2.75) is 43.8 Å². The number of amides is 3. The molecule has 9 nitrogen and oxygen atoms in total. The van der Waals surface area contributed by atoms with Crippen molar-refractivity contribution in [2.24, 2.45) is 0 Å². The zero-order valence-electron chi connectivity index (χ0n) is 21.4. The van der Waals surface area contributed by atoms with Gasteiger partial charge in [-0.25, -0.2) is 4.79 Å². The van der Waals surface area contributed by atoms with Crippen LogP contribution in [0.25, 0.3) is 10.9 Å². The Hall–Kier alpha value is -4.66. The van der Waals surface area contributed by atoms with E-state index in [-0.39, 0.29) is 18.4 Å². The summed E-state index contributed by atoms with van der Waals surface area (Å²) in [4.78, 5) is 48.1. The molecule has 5 rings (SSSR count). The van der Waals surface area contributed by atoms with Crippen LogP contribution in [0.5, 0.6) is 0 Å². The van der Waals surface area contributed by atoms with E-state index in [0.717, 1.165) is 27.7 Å². The first-order chi connectivity index (χ1) is 19.0. The minimum atomic E-state index is -1.28. The third kappa shape index (κ3) is 6.09. The van der Waals surface area contributed by atoms with Crippen LogP contribution in [-0.4, -0.2) is 56.5 Å². The molecule has 2 aromatic carbocycles. The fourth-order valence-electron chi connectivity index (χ4n) is 5.31. The first kappa shape index (κ1) is 26.0. The van der Waals surface area contributed by atoms with Crippen molar-refractivity contribution in [3.63, 3.8) is 0 Å². The number of hydrogen-bond acceptors (Lipinski definition) is 4. The van der Waals surface area contributed by atoms with Gasteiger partial charge in [0.15, 0.2) is 0 Å². The van der Waals surface area contributed by atoms with Gasteiger partial charge < -0.3 is 25.6 Å². The molecule has 0 unspecified atom stereocenters. The lowest BCUT2D eigenvalue weighted by atomic mass is 10.0. The Morgan fingerprint density at radius 1 is 0.974 bits per heavy atom. The number of para-hydroxylation sites is 1. The quantitative estimate of drug-likeness (QED) is 0.264.